The molecule has 152 valence electrons. The molecule has 1 aliphatic heterocycles. The fourth-order valence-corrected chi connectivity index (χ4v) is 3.68. The number of rotatable bonds is 7. The van der Waals surface area contributed by atoms with Gasteiger partial charge in [-0.15, -0.1) is 0 Å². The number of guanidine groups is 1. The van der Waals surface area contributed by atoms with Gasteiger partial charge in [-0.25, -0.2) is 4.98 Å². The van der Waals surface area contributed by atoms with Crippen molar-refractivity contribution in [2.24, 2.45) is 10.9 Å². The molecule has 0 radical (unpaired) electrons. The van der Waals surface area contributed by atoms with Crippen molar-refractivity contribution < 1.29 is 4.74 Å². The highest BCUT2D eigenvalue weighted by Gasteiger charge is 2.28. The highest BCUT2D eigenvalue weighted by molar-refractivity contribution is 5.80. The normalized spacial score (nSPS) is 20.2. The topological polar surface area (TPSA) is 54.7 Å². The number of hydrogen-bond donors (Lipinski definition) is 1. The zero-order chi connectivity index (χ0) is 19.8. The van der Waals surface area contributed by atoms with E-state index in [1.54, 1.807) is 0 Å². The Morgan fingerprint density at radius 1 is 1.29 bits per heavy atom. The van der Waals surface area contributed by atoms with Crippen LogP contribution in [0.2, 0.25) is 0 Å². The Bertz CT molecular complexity index is 726. The molecule has 6 nitrogen and oxygen atoms in total. The molecule has 2 heterocycles. The first-order valence-corrected chi connectivity index (χ1v) is 10.3. The number of piperidine rings is 1. The lowest BCUT2D eigenvalue weighted by atomic mass is 9.93. The molecule has 1 aromatic heterocycles. The predicted molar refractivity (Wildman–Crippen MR) is 114 cm³/mol. The molecular weight excluding hydrogens is 350 g/mol. The van der Waals surface area contributed by atoms with Gasteiger partial charge in [0.15, 0.2) is 5.96 Å². The summed E-state index contributed by atoms with van der Waals surface area (Å²) >= 11 is 0. The van der Waals surface area contributed by atoms with Crippen molar-refractivity contribution in [3.8, 4) is 5.75 Å². The molecule has 3 rings (SSSR count). The van der Waals surface area contributed by atoms with Gasteiger partial charge in [-0.3, -0.25) is 4.99 Å². The van der Waals surface area contributed by atoms with E-state index in [1.165, 1.54) is 5.56 Å². The van der Waals surface area contributed by atoms with Crippen molar-refractivity contribution >= 4 is 5.96 Å². The van der Waals surface area contributed by atoms with Crippen molar-refractivity contribution in [1.82, 2.24) is 19.8 Å². The number of ether oxygens (including phenoxy) is 1. The highest BCUT2D eigenvalue weighted by atomic mass is 16.5. The van der Waals surface area contributed by atoms with Crippen LogP contribution in [0.5, 0.6) is 5.75 Å². The average Bonchev–Trinajstić information content (AvgIpc) is 3.24. The number of aromatic nitrogens is 2. The lowest BCUT2D eigenvalue weighted by Crippen LogP contribution is -2.49. The van der Waals surface area contributed by atoms with E-state index >= 15 is 0 Å². The maximum Gasteiger partial charge on any atom is 0.193 e. The Labute approximate surface area is 168 Å². The Hall–Kier alpha value is -2.50. The standard InChI is InChI=1S/C22H33N5O/c1-18-6-8-20(9-7-18)28-15-5-4-11-25-22(23-3)26-13-10-19(2)21(16-26)27-14-12-24-17-27/h6-9,12,14,17,19,21H,4-5,10-11,13,15-16H2,1-3H3,(H,23,25). The minimum absolute atomic E-state index is 0.442. The van der Waals surface area contributed by atoms with Crippen LogP contribution in [0.4, 0.5) is 0 Å². The van der Waals surface area contributed by atoms with E-state index in [0.29, 0.717) is 12.0 Å². The smallest absolute Gasteiger partial charge is 0.193 e. The number of benzene rings is 1. The van der Waals surface area contributed by atoms with E-state index in [1.807, 2.05) is 31.7 Å². The number of imidazole rings is 1. The molecule has 1 fully saturated rings. The Morgan fingerprint density at radius 2 is 2.11 bits per heavy atom. The molecule has 6 heteroatoms. The molecule has 2 atom stereocenters. The molecule has 0 aliphatic carbocycles. The average molecular weight is 384 g/mol. The van der Waals surface area contributed by atoms with Gasteiger partial charge in [0, 0.05) is 39.1 Å². The third-order valence-corrected chi connectivity index (χ3v) is 5.48. The van der Waals surface area contributed by atoms with E-state index in [4.69, 9.17) is 4.74 Å². The second kappa shape index (κ2) is 10.2. The van der Waals surface area contributed by atoms with Gasteiger partial charge >= 0.3 is 0 Å². The third kappa shape index (κ3) is 5.50. The zero-order valence-corrected chi connectivity index (χ0v) is 17.3. The third-order valence-electron chi connectivity index (χ3n) is 5.48. The summed E-state index contributed by atoms with van der Waals surface area (Å²) in [5, 5.41) is 3.52. The van der Waals surface area contributed by atoms with E-state index in [2.05, 4.69) is 56.9 Å². The maximum absolute atomic E-state index is 5.80. The summed E-state index contributed by atoms with van der Waals surface area (Å²) in [5.41, 5.74) is 1.25. The summed E-state index contributed by atoms with van der Waals surface area (Å²) in [6.45, 7) is 8.07. The van der Waals surface area contributed by atoms with Gasteiger partial charge in [0.25, 0.3) is 0 Å². The van der Waals surface area contributed by atoms with Gasteiger partial charge in [0.05, 0.1) is 19.0 Å². The van der Waals surface area contributed by atoms with Crippen molar-refractivity contribution in [1.29, 1.82) is 0 Å². The molecule has 1 aliphatic rings. The van der Waals surface area contributed by atoms with Crippen LogP contribution in [0.3, 0.4) is 0 Å². The molecule has 0 bridgehead atoms. The first-order valence-electron chi connectivity index (χ1n) is 10.3. The van der Waals surface area contributed by atoms with Gasteiger partial charge in [-0.2, -0.15) is 0 Å². The van der Waals surface area contributed by atoms with Crippen LogP contribution < -0.4 is 10.1 Å². The van der Waals surface area contributed by atoms with Crippen LogP contribution in [-0.2, 0) is 0 Å². The van der Waals surface area contributed by atoms with E-state index in [0.717, 1.165) is 57.2 Å². The summed E-state index contributed by atoms with van der Waals surface area (Å²) in [6, 6.07) is 8.67. The van der Waals surface area contributed by atoms with Crippen LogP contribution in [0, 0.1) is 12.8 Å². The molecule has 1 saturated heterocycles. The van der Waals surface area contributed by atoms with Gasteiger partial charge < -0.3 is 19.5 Å². The summed E-state index contributed by atoms with van der Waals surface area (Å²) in [5.74, 6) is 2.58. The van der Waals surface area contributed by atoms with Crippen LogP contribution in [0.15, 0.2) is 48.0 Å². The maximum atomic E-state index is 5.80. The first-order chi connectivity index (χ1) is 13.7. The fourth-order valence-electron chi connectivity index (χ4n) is 3.68. The second-order valence-corrected chi connectivity index (χ2v) is 7.63. The summed E-state index contributed by atoms with van der Waals surface area (Å²) in [7, 11) is 1.87. The fraction of sp³-hybridized carbons (Fsp3) is 0.545. The molecule has 2 aromatic rings. The minimum Gasteiger partial charge on any atom is -0.494 e. The monoisotopic (exact) mass is 383 g/mol. The minimum atomic E-state index is 0.442. The van der Waals surface area contributed by atoms with Gasteiger partial charge in [-0.05, 0) is 44.2 Å². The molecule has 0 amide bonds. The SMILES string of the molecule is CN=C(NCCCCOc1ccc(C)cc1)N1CCC(C)C(n2ccnc2)C1. The number of nitrogens with zero attached hydrogens (tertiary/aromatic N) is 4. The van der Waals surface area contributed by atoms with E-state index in [-0.39, 0.29) is 0 Å². The number of hydrogen-bond acceptors (Lipinski definition) is 3. The molecule has 0 saturated carbocycles. The second-order valence-electron chi connectivity index (χ2n) is 7.63. The van der Waals surface area contributed by atoms with Crippen molar-refractivity contribution in [3.63, 3.8) is 0 Å². The molecular formula is C22H33N5O. The van der Waals surface area contributed by atoms with Crippen molar-refractivity contribution in [2.45, 2.75) is 39.2 Å². The van der Waals surface area contributed by atoms with Crippen molar-refractivity contribution in [3.05, 3.63) is 48.5 Å². The number of nitrogens with one attached hydrogen (secondary N) is 1. The van der Waals surface area contributed by atoms with Crippen LogP contribution in [-0.4, -0.2) is 53.7 Å². The van der Waals surface area contributed by atoms with E-state index in [9.17, 15) is 0 Å². The molecule has 2 unspecified atom stereocenters. The molecule has 1 N–H and O–H groups in total. The molecule has 1 aromatic carbocycles. The highest BCUT2D eigenvalue weighted by Crippen LogP contribution is 2.27. The van der Waals surface area contributed by atoms with Crippen LogP contribution >= 0.6 is 0 Å². The summed E-state index contributed by atoms with van der Waals surface area (Å²) in [4.78, 5) is 11.1. The lowest BCUT2D eigenvalue weighted by Gasteiger charge is -2.39. The van der Waals surface area contributed by atoms with Gasteiger partial charge in [-0.1, -0.05) is 24.6 Å². The summed E-state index contributed by atoms with van der Waals surface area (Å²) in [6.07, 6.45) is 9.09. The zero-order valence-electron chi connectivity index (χ0n) is 17.3. The number of aliphatic imine (C=N–C) groups is 1. The van der Waals surface area contributed by atoms with Gasteiger partial charge in [0.2, 0.25) is 0 Å². The number of likely N-dealkylation sites (tertiary alicyclic amines) is 1. The number of aryl methyl sites for hydroxylation is 1. The first kappa shape index (κ1) is 20.2. The molecule has 0 spiro atoms. The Morgan fingerprint density at radius 3 is 2.82 bits per heavy atom. The Kier molecular flexibility index (Phi) is 7.34. The van der Waals surface area contributed by atoms with Gasteiger partial charge in [0.1, 0.15) is 5.75 Å². The van der Waals surface area contributed by atoms with Crippen LogP contribution in [0.25, 0.3) is 0 Å². The van der Waals surface area contributed by atoms with Crippen molar-refractivity contribution in [2.75, 3.05) is 33.3 Å². The quantitative estimate of drug-likeness (QED) is 0.452. The molecule has 28 heavy (non-hydrogen) atoms. The lowest BCUT2D eigenvalue weighted by molar-refractivity contribution is 0.189. The Balaban J connectivity index is 1.39. The number of unbranched alkanes of at least 4 members (excludes halogenated alkanes) is 1. The van der Waals surface area contributed by atoms with Crippen LogP contribution in [0.1, 0.15) is 37.8 Å². The summed E-state index contributed by atoms with van der Waals surface area (Å²) < 4.78 is 8.03. The van der Waals surface area contributed by atoms with E-state index < -0.39 is 0 Å². The predicted octanol–water partition coefficient (Wildman–Crippen LogP) is 3.51. The largest absolute Gasteiger partial charge is 0.494 e.